The van der Waals surface area contributed by atoms with Crippen molar-refractivity contribution in [3.05, 3.63) is 23.9 Å². The fourth-order valence-electron chi connectivity index (χ4n) is 1.30. The van der Waals surface area contributed by atoms with Gasteiger partial charge in [-0.1, -0.05) is 0 Å². The molecule has 1 heterocycles. The zero-order valence-electron chi connectivity index (χ0n) is 11.8. The molecule has 1 N–H and O–H groups in total. The number of aromatic nitrogens is 1. The van der Waals surface area contributed by atoms with Gasteiger partial charge in [-0.3, -0.25) is 0 Å². The molecular formula is C12H20N2O3S2. The highest BCUT2D eigenvalue weighted by Crippen LogP contribution is 2.20. The van der Waals surface area contributed by atoms with E-state index in [0.717, 1.165) is 11.8 Å². The molecule has 1 aromatic rings. The highest BCUT2D eigenvalue weighted by molar-refractivity contribution is 7.91. The Kier molecular flexibility index (Phi) is 5.00. The molecule has 0 aliphatic heterocycles. The predicted molar refractivity (Wildman–Crippen MR) is 76.8 cm³/mol. The van der Waals surface area contributed by atoms with E-state index in [2.05, 4.69) is 9.71 Å². The molecule has 0 radical (unpaired) electrons. The van der Waals surface area contributed by atoms with Crippen molar-refractivity contribution in [3.8, 4) is 0 Å². The molecule has 1 aromatic heterocycles. The molecule has 1 rings (SSSR count). The van der Waals surface area contributed by atoms with E-state index in [1.807, 2.05) is 27.7 Å². The highest BCUT2D eigenvalue weighted by Gasteiger charge is 2.28. The maximum Gasteiger partial charge on any atom is 0.192 e. The summed E-state index contributed by atoms with van der Waals surface area (Å²) in [7, 11) is -3.33. The van der Waals surface area contributed by atoms with Crippen LogP contribution in [0.15, 0.2) is 23.4 Å². The molecular weight excluding hydrogens is 284 g/mol. The molecule has 0 bridgehead atoms. The van der Waals surface area contributed by atoms with Crippen LogP contribution in [0.3, 0.4) is 0 Å². The van der Waals surface area contributed by atoms with Gasteiger partial charge in [-0.25, -0.2) is 13.4 Å². The van der Waals surface area contributed by atoms with Crippen molar-refractivity contribution in [2.24, 2.45) is 0 Å². The van der Waals surface area contributed by atoms with E-state index < -0.39 is 21.2 Å². The standard InChI is InChI=1S/C12H20N2O3S2/c1-9(14-18(15)12(2,3)4)10-6-7-13-11(8-10)19(5,16)17/h6-9,14H,1-5H3/t9-,18?/m0/s1. The van der Waals surface area contributed by atoms with Gasteiger partial charge in [0.1, 0.15) is 4.75 Å². The Morgan fingerprint density at radius 3 is 2.47 bits per heavy atom. The summed E-state index contributed by atoms with van der Waals surface area (Å²) >= 11 is -1.22. The number of sulfone groups is 1. The molecule has 0 fully saturated rings. The van der Waals surface area contributed by atoms with Gasteiger partial charge in [0.15, 0.2) is 14.9 Å². The lowest BCUT2D eigenvalue weighted by molar-refractivity contribution is 0.531. The molecule has 19 heavy (non-hydrogen) atoms. The van der Waals surface area contributed by atoms with Crippen LogP contribution in [-0.4, -0.2) is 29.0 Å². The quantitative estimate of drug-likeness (QED) is 0.854. The minimum absolute atomic E-state index is 0.0280. The Hall–Kier alpha value is -0.630. The van der Waals surface area contributed by atoms with Gasteiger partial charge in [0.2, 0.25) is 0 Å². The number of nitrogens with zero attached hydrogens (tertiary/aromatic N) is 1. The van der Waals surface area contributed by atoms with Crippen molar-refractivity contribution >= 4 is 21.2 Å². The van der Waals surface area contributed by atoms with Crippen LogP contribution in [0.4, 0.5) is 0 Å². The number of nitrogens with one attached hydrogen (secondary N) is 1. The summed E-state index contributed by atoms with van der Waals surface area (Å²) in [4.78, 5) is 3.83. The van der Waals surface area contributed by atoms with E-state index in [0.29, 0.717) is 0 Å². The lowest BCUT2D eigenvalue weighted by atomic mass is 10.1. The molecule has 7 heteroatoms. The molecule has 1 unspecified atom stereocenters. The average molecular weight is 304 g/mol. The molecule has 0 spiro atoms. The number of hydrogen-bond donors (Lipinski definition) is 1. The second kappa shape index (κ2) is 5.78. The zero-order valence-corrected chi connectivity index (χ0v) is 13.4. The first-order valence-electron chi connectivity index (χ1n) is 5.86. The molecule has 0 aliphatic rings. The van der Waals surface area contributed by atoms with E-state index in [1.54, 1.807) is 6.07 Å². The Bertz CT molecular complexity index is 538. The molecule has 2 atom stereocenters. The SMILES string of the molecule is C[C@H](N[S+]([O-])C(C)(C)C)c1ccnc(S(C)(=O)=O)c1. The number of pyridine rings is 1. The van der Waals surface area contributed by atoms with Crippen LogP contribution in [0.25, 0.3) is 0 Å². The Labute approximate surface area is 118 Å². The van der Waals surface area contributed by atoms with Gasteiger partial charge in [-0.15, -0.1) is 4.72 Å². The van der Waals surface area contributed by atoms with Gasteiger partial charge < -0.3 is 4.55 Å². The second-order valence-corrected chi connectivity index (χ2v) is 9.38. The summed E-state index contributed by atoms with van der Waals surface area (Å²) in [6, 6.07) is 3.00. The largest absolute Gasteiger partial charge is 0.598 e. The maximum atomic E-state index is 12.0. The number of hydrogen-bond acceptors (Lipinski definition) is 5. The van der Waals surface area contributed by atoms with Gasteiger partial charge in [0, 0.05) is 23.8 Å². The summed E-state index contributed by atoms with van der Waals surface area (Å²) in [5.41, 5.74) is 0.744. The summed E-state index contributed by atoms with van der Waals surface area (Å²) in [6.45, 7) is 7.46. The van der Waals surface area contributed by atoms with Gasteiger partial charge in [-0.2, -0.15) is 0 Å². The molecule has 0 aromatic carbocycles. The fraction of sp³-hybridized carbons (Fsp3) is 0.583. The molecule has 5 nitrogen and oxygen atoms in total. The van der Waals surface area contributed by atoms with Crippen molar-refractivity contribution in [1.82, 2.24) is 9.71 Å². The van der Waals surface area contributed by atoms with E-state index in [9.17, 15) is 13.0 Å². The van der Waals surface area contributed by atoms with Crippen molar-refractivity contribution < 1.29 is 13.0 Å². The van der Waals surface area contributed by atoms with Crippen LogP contribution >= 0.6 is 0 Å². The van der Waals surface area contributed by atoms with Crippen molar-refractivity contribution in [1.29, 1.82) is 0 Å². The van der Waals surface area contributed by atoms with Crippen LogP contribution in [0, 0.1) is 0 Å². The Morgan fingerprint density at radius 1 is 1.42 bits per heavy atom. The molecule has 0 aliphatic carbocycles. The van der Waals surface area contributed by atoms with E-state index >= 15 is 0 Å². The van der Waals surface area contributed by atoms with Crippen LogP contribution in [0.2, 0.25) is 0 Å². The topological polar surface area (TPSA) is 82.1 Å². The lowest BCUT2D eigenvalue weighted by Crippen LogP contribution is -2.40. The first kappa shape index (κ1) is 16.4. The first-order valence-corrected chi connectivity index (χ1v) is 8.90. The Morgan fingerprint density at radius 2 is 2.00 bits per heavy atom. The highest BCUT2D eigenvalue weighted by atomic mass is 32.2. The van der Waals surface area contributed by atoms with Crippen LogP contribution < -0.4 is 4.72 Å². The third-order valence-corrected chi connectivity index (χ3v) is 5.14. The van der Waals surface area contributed by atoms with E-state index in [4.69, 9.17) is 0 Å². The normalized spacial score (nSPS) is 16.1. The maximum absolute atomic E-state index is 12.0. The lowest BCUT2D eigenvalue weighted by Gasteiger charge is -2.26. The summed E-state index contributed by atoms with van der Waals surface area (Å²) in [5.74, 6) is 0. The van der Waals surface area contributed by atoms with E-state index in [1.165, 1.54) is 12.3 Å². The monoisotopic (exact) mass is 304 g/mol. The second-order valence-electron chi connectivity index (χ2n) is 5.42. The molecule has 108 valence electrons. The van der Waals surface area contributed by atoms with Gasteiger partial charge >= 0.3 is 0 Å². The fourth-order valence-corrected chi connectivity index (χ4v) is 2.72. The number of rotatable bonds is 4. The van der Waals surface area contributed by atoms with Crippen molar-refractivity contribution in [2.75, 3.05) is 6.26 Å². The Balaban J connectivity index is 2.93. The smallest absolute Gasteiger partial charge is 0.192 e. The van der Waals surface area contributed by atoms with Gasteiger partial charge in [-0.05, 0) is 45.4 Å². The molecule has 0 saturated heterocycles. The van der Waals surface area contributed by atoms with Gasteiger partial charge in [0.05, 0.1) is 6.04 Å². The zero-order chi connectivity index (χ0) is 14.8. The van der Waals surface area contributed by atoms with Crippen LogP contribution in [-0.2, 0) is 21.2 Å². The third-order valence-electron chi connectivity index (χ3n) is 2.48. The van der Waals surface area contributed by atoms with Crippen LogP contribution in [0.1, 0.15) is 39.3 Å². The van der Waals surface area contributed by atoms with Crippen molar-refractivity contribution in [3.63, 3.8) is 0 Å². The predicted octanol–water partition coefficient (Wildman–Crippen LogP) is 1.60. The van der Waals surface area contributed by atoms with Crippen molar-refractivity contribution in [2.45, 2.75) is 43.5 Å². The summed E-state index contributed by atoms with van der Waals surface area (Å²) in [5, 5.41) is 0.0280. The van der Waals surface area contributed by atoms with Crippen LogP contribution in [0.5, 0.6) is 0 Å². The first-order chi connectivity index (χ1) is 8.51. The van der Waals surface area contributed by atoms with Gasteiger partial charge in [0.25, 0.3) is 0 Å². The average Bonchev–Trinajstić information content (AvgIpc) is 2.26. The van der Waals surface area contributed by atoms with E-state index in [-0.39, 0.29) is 15.8 Å². The molecule has 0 saturated carbocycles. The summed E-state index contributed by atoms with van der Waals surface area (Å²) < 4.78 is 37.5. The minimum atomic E-state index is -3.33. The summed E-state index contributed by atoms with van der Waals surface area (Å²) in [6.07, 6.45) is 2.56. The minimum Gasteiger partial charge on any atom is -0.598 e. The molecule has 0 amide bonds. The third kappa shape index (κ3) is 4.76.